The summed E-state index contributed by atoms with van der Waals surface area (Å²) in [6, 6.07) is 7.37. The van der Waals surface area contributed by atoms with Gasteiger partial charge in [0.15, 0.2) is 6.10 Å². The van der Waals surface area contributed by atoms with E-state index >= 15 is 0 Å². The Hall–Kier alpha value is -1.81. The molecule has 1 atom stereocenters. The summed E-state index contributed by atoms with van der Waals surface area (Å²) in [5.41, 5.74) is 0.874. The zero-order chi connectivity index (χ0) is 13.4. The van der Waals surface area contributed by atoms with Crippen molar-refractivity contribution in [2.75, 3.05) is 13.7 Å². The highest BCUT2D eigenvalue weighted by Gasteiger charge is 2.14. The molecule has 0 N–H and O–H groups in total. The van der Waals surface area contributed by atoms with E-state index in [4.69, 9.17) is 14.2 Å². The van der Waals surface area contributed by atoms with E-state index in [1.165, 1.54) is 0 Å². The van der Waals surface area contributed by atoms with Gasteiger partial charge in [-0.15, -0.1) is 6.58 Å². The second-order valence-corrected chi connectivity index (χ2v) is 3.72. The van der Waals surface area contributed by atoms with Crippen molar-refractivity contribution < 1.29 is 19.0 Å². The van der Waals surface area contributed by atoms with Crippen LogP contribution in [0.15, 0.2) is 36.9 Å². The van der Waals surface area contributed by atoms with Gasteiger partial charge in [-0.3, -0.25) is 0 Å². The van der Waals surface area contributed by atoms with Crippen LogP contribution in [-0.4, -0.2) is 25.8 Å². The number of ether oxygens (including phenoxy) is 3. The third-order valence-electron chi connectivity index (χ3n) is 2.31. The first kappa shape index (κ1) is 14.3. The van der Waals surface area contributed by atoms with E-state index in [0.717, 1.165) is 11.3 Å². The highest BCUT2D eigenvalue weighted by Crippen LogP contribution is 2.13. The van der Waals surface area contributed by atoms with Crippen LogP contribution in [0.5, 0.6) is 5.75 Å². The molecule has 0 aliphatic carbocycles. The quantitative estimate of drug-likeness (QED) is 0.550. The van der Waals surface area contributed by atoms with E-state index in [1.807, 2.05) is 24.3 Å². The van der Waals surface area contributed by atoms with Gasteiger partial charge in [0.25, 0.3) is 0 Å². The van der Waals surface area contributed by atoms with Crippen LogP contribution in [0, 0.1) is 0 Å². The van der Waals surface area contributed by atoms with Crippen molar-refractivity contribution in [3.63, 3.8) is 0 Å². The maximum atomic E-state index is 11.6. The van der Waals surface area contributed by atoms with Gasteiger partial charge in [0.05, 0.1) is 13.7 Å². The molecule has 0 saturated heterocycles. The largest absolute Gasteiger partial charge is 0.497 e. The fourth-order valence-electron chi connectivity index (χ4n) is 1.31. The van der Waals surface area contributed by atoms with Crippen molar-refractivity contribution in [2.24, 2.45) is 0 Å². The molecule has 0 bridgehead atoms. The summed E-state index contributed by atoms with van der Waals surface area (Å²) in [5, 5.41) is 0. The van der Waals surface area contributed by atoms with E-state index in [1.54, 1.807) is 20.1 Å². The average Bonchev–Trinajstić information content (AvgIpc) is 2.42. The van der Waals surface area contributed by atoms with E-state index in [0.29, 0.717) is 6.61 Å². The molecule has 0 aliphatic rings. The van der Waals surface area contributed by atoms with Crippen molar-refractivity contribution in [3.8, 4) is 5.75 Å². The van der Waals surface area contributed by atoms with Gasteiger partial charge in [0, 0.05) is 0 Å². The Kier molecular flexibility index (Phi) is 5.94. The summed E-state index contributed by atoms with van der Waals surface area (Å²) in [5.74, 6) is 0.346. The molecule has 4 nitrogen and oxygen atoms in total. The van der Waals surface area contributed by atoms with Crippen LogP contribution >= 0.6 is 0 Å². The minimum atomic E-state index is -0.589. The number of rotatable bonds is 7. The van der Waals surface area contributed by atoms with Crippen LogP contribution < -0.4 is 4.74 Å². The Morgan fingerprint density at radius 3 is 2.94 bits per heavy atom. The summed E-state index contributed by atoms with van der Waals surface area (Å²) < 4.78 is 15.4. The number of hydrogen-bond donors (Lipinski definition) is 0. The third kappa shape index (κ3) is 4.59. The zero-order valence-corrected chi connectivity index (χ0v) is 10.7. The van der Waals surface area contributed by atoms with Gasteiger partial charge in [0.2, 0.25) is 0 Å². The molecule has 0 amide bonds. The minimum Gasteiger partial charge on any atom is -0.497 e. The molecule has 1 rings (SSSR count). The normalized spacial score (nSPS) is 11.7. The first-order valence-corrected chi connectivity index (χ1v) is 5.69. The van der Waals surface area contributed by atoms with E-state index in [9.17, 15) is 4.79 Å². The van der Waals surface area contributed by atoms with Crippen LogP contribution in [0.1, 0.15) is 12.5 Å². The van der Waals surface area contributed by atoms with Crippen molar-refractivity contribution >= 4 is 5.97 Å². The summed E-state index contributed by atoms with van der Waals surface area (Å²) in [7, 11) is 1.59. The number of benzene rings is 1. The number of carbonyl (C=O) groups is 1. The average molecular weight is 250 g/mol. The van der Waals surface area contributed by atoms with Crippen molar-refractivity contribution in [2.45, 2.75) is 19.6 Å². The second kappa shape index (κ2) is 7.50. The predicted molar refractivity (Wildman–Crippen MR) is 68.4 cm³/mol. The lowest BCUT2D eigenvalue weighted by atomic mass is 10.2. The molecule has 0 radical (unpaired) electrons. The van der Waals surface area contributed by atoms with Gasteiger partial charge in [-0.2, -0.15) is 0 Å². The molecule has 0 heterocycles. The molecule has 0 aliphatic heterocycles. The van der Waals surface area contributed by atoms with Crippen molar-refractivity contribution in [1.29, 1.82) is 0 Å². The predicted octanol–water partition coefficient (Wildman–Crippen LogP) is 2.33. The molecule has 0 spiro atoms. The molecule has 0 aromatic heterocycles. The molecule has 1 aromatic rings. The number of methoxy groups -OCH3 is 1. The summed E-state index contributed by atoms with van der Waals surface area (Å²) >= 11 is 0. The molecular formula is C14H18O4. The SMILES string of the molecule is C=CCOC(C)C(=O)OCc1cccc(OC)c1. The Balaban J connectivity index is 2.43. The van der Waals surface area contributed by atoms with Crippen LogP contribution in [-0.2, 0) is 20.9 Å². The fourth-order valence-corrected chi connectivity index (χ4v) is 1.31. The van der Waals surface area contributed by atoms with Crippen molar-refractivity contribution in [3.05, 3.63) is 42.5 Å². The summed E-state index contributed by atoms with van der Waals surface area (Å²) in [6.45, 7) is 5.70. The molecule has 18 heavy (non-hydrogen) atoms. The zero-order valence-electron chi connectivity index (χ0n) is 10.7. The number of hydrogen-bond acceptors (Lipinski definition) is 4. The van der Waals surface area contributed by atoms with Gasteiger partial charge in [-0.25, -0.2) is 4.79 Å². The molecule has 1 unspecified atom stereocenters. The molecule has 1 aromatic carbocycles. The van der Waals surface area contributed by atoms with Crippen molar-refractivity contribution in [1.82, 2.24) is 0 Å². The molecule has 98 valence electrons. The summed E-state index contributed by atoms with van der Waals surface area (Å²) in [4.78, 5) is 11.6. The number of esters is 1. The van der Waals surface area contributed by atoms with Crippen LogP contribution in [0.2, 0.25) is 0 Å². The van der Waals surface area contributed by atoms with Gasteiger partial charge in [0.1, 0.15) is 12.4 Å². The first-order chi connectivity index (χ1) is 8.67. The minimum absolute atomic E-state index is 0.206. The molecular weight excluding hydrogens is 232 g/mol. The van der Waals surface area contributed by atoms with Crippen LogP contribution in [0.25, 0.3) is 0 Å². The molecule has 0 fully saturated rings. The highest BCUT2D eigenvalue weighted by atomic mass is 16.6. The standard InChI is InChI=1S/C14H18O4/c1-4-8-17-11(2)14(15)18-10-12-6-5-7-13(9-12)16-3/h4-7,9,11H,1,8,10H2,2-3H3. The molecule has 0 saturated carbocycles. The van der Waals surface area contributed by atoms with Gasteiger partial charge in [-0.1, -0.05) is 18.2 Å². The lowest BCUT2D eigenvalue weighted by Crippen LogP contribution is -2.23. The summed E-state index contributed by atoms with van der Waals surface area (Å²) in [6.07, 6.45) is 1.000. The smallest absolute Gasteiger partial charge is 0.335 e. The van der Waals surface area contributed by atoms with Crippen LogP contribution in [0.4, 0.5) is 0 Å². The topological polar surface area (TPSA) is 44.8 Å². The Morgan fingerprint density at radius 2 is 2.28 bits per heavy atom. The Morgan fingerprint density at radius 1 is 1.50 bits per heavy atom. The number of carbonyl (C=O) groups excluding carboxylic acids is 1. The van der Waals surface area contributed by atoms with E-state index in [2.05, 4.69) is 6.58 Å². The lowest BCUT2D eigenvalue weighted by Gasteiger charge is -2.11. The monoisotopic (exact) mass is 250 g/mol. The maximum Gasteiger partial charge on any atom is 0.335 e. The van der Waals surface area contributed by atoms with E-state index in [-0.39, 0.29) is 12.6 Å². The van der Waals surface area contributed by atoms with Crippen LogP contribution in [0.3, 0.4) is 0 Å². The second-order valence-electron chi connectivity index (χ2n) is 3.72. The lowest BCUT2D eigenvalue weighted by molar-refractivity contribution is -0.156. The third-order valence-corrected chi connectivity index (χ3v) is 2.31. The van der Waals surface area contributed by atoms with Gasteiger partial charge in [-0.05, 0) is 24.6 Å². The van der Waals surface area contributed by atoms with E-state index < -0.39 is 6.10 Å². The molecule has 4 heteroatoms. The van der Waals surface area contributed by atoms with Gasteiger partial charge >= 0.3 is 5.97 Å². The maximum absolute atomic E-state index is 11.6. The Bertz CT molecular complexity index is 401. The highest BCUT2D eigenvalue weighted by molar-refractivity contribution is 5.74. The van der Waals surface area contributed by atoms with Gasteiger partial charge < -0.3 is 14.2 Å². The first-order valence-electron chi connectivity index (χ1n) is 5.69. The Labute approximate surface area is 107 Å². The fraction of sp³-hybridized carbons (Fsp3) is 0.357.